The fourth-order valence-corrected chi connectivity index (χ4v) is 2.42. The molecule has 0 unspecified atom stereocenters. The lowest BCUT2D eigenvalue weighted by Gasteiger charge is -2.11. The monoisotopic (exact) mass is 460 g/mol. The standard InChI is InChI=1S/C16H14ClIN2O2S/c1-10-8-13(6-7-14(10)17)22-9-15(21)20-16(23)19-12-4-2-11(18)3-5-12/h2-8H,9H2,1H3,(H2,19,20,21,23). The molecule has 2 rings (SSSR count). The summed E-state index contributed by atoms with van der Waals surface area (Å²) in [5.41, 5.74) is 1.70. The quantitative estimate of drug-likeness (QED) is 0.532. The Kier molecular flexibility index (Phi) is 6.61. The van der Waals surface area contributed by atoms with Crippen molar-refractivity contribution in [2.24, 2.45) is 0 Å². The second kappa shape index (κ2) is 8.47. The largest absolute Gasteiger partial charge is 0.484 e. The highest BCUT2D eigenvalue weighted by Gasteiger charge is 2.07. The van der Waals surface area contributed by atoms with Crippen LogP contribution in [0.5, 0.6) is 5.75 Å². The van der Waals surface area contributed by atoms with Crippen LogP contribution < -0.4 is 15.4 Å². The van der Waals surface area contributed by atoms with Crippen molar-refractivity contribution in [2.75, 3.05) is 11.9 Å². The van der Waals surface area contributed by atoms with Crippen molar-refractivity contribution in [3.8, 4) is 5.75 Å². The second-order valence-corrected chi connectivity index (χ2v) is 6.77. The van der Waals surface area contributed by atoms with Crippen LogP contribution in [-0.2, 0) is 4.79 Å². The van der Waals surface area contributed by atoms with Crippen molar-refractivity contribution in [1.29, 1.82) is 0 Å². The smallest absolute Gasteiger partial charge is 0.264 e. The van der Waals surface area contributed by atoms with Gasteiger partial charge in [-0.25, -0.2) is 0 Å². The summed E-state index contributed by atoms with van der Waals surface area (Å²) in [7, 11) is 0. The number of halogens is 2. The summed E-state index contributed by atoms with van der Waals surface area (Å²) in [5, 5.41) is 6.39. The summed E-state index contributed by atoms with van der Waals surface area (Å²) >= 11 is 13.2. The average Bonchev–Trinajstić information content (AvgIpc) is 2.51. The number of carbonyl (C=O) groups excluding carboxylic acids is 1. The Hall–Kier alpha value is -1.38. The van der Waals surface area contributed by atoms with Crippen molar-refractivity contribution < 1.29 is 9.53 Å². The van der Waals surface area contributed by atoms with Gasteiger partial charge in [-0.15, -0.1) is 0 Å². The maximum absolute atomic E-state index is 11.8. The van der Waals surface area contributed by atoms with Crippen LogP contribution in [0.4, 0.5) is 5.69 Å². The minimum absolute atomic E-state index is 0.129. The van der Waals surface area contributed by atoms with Gasteiger partial charge in [0.05, 0.1) is 0 Å². The molecule has 0 bridgehead atoms. The van der Waals surface area contributed by atoms with Gasteiger partial charge in [0.2, 0.25) is 0 Å². The van der Waals surface area contributed by atoms with Crippen molar-refractivity contribution in [3.63, 3.8) is 0 Å². The molecule has 7 heteroatoms. The molecular weight excluding hydrogens is 447 g/mol. The maximum atomic E-state index is 11.8. The lowest BCUT2D eigenvalue weighted by molar-refractivity contribution is -0.121. The van der Waals surface area contributed by atoms with Crippen LogP contribution in [0.25, 0.3) is 0 Å². The van der Waals surface area contributed by atoms with E-state index in [0.717, 1.165) is 14.8 Å². The van der Waals surface area contributed by atoms with E-state index in [0.29, 0.717) is 10.8 Å². The van der Waals surface area contributed by atoms with Crippen LogP contribution >= 0.6 is 46.4 Å². The van der Waals surface area contributed by atoms with Crippen LogP contribution in [0.3, 0.4) is 0 Å². The number of ether oxygens (including phenoxy) is 1. The Morgan fingerprint density at radius 1 is 1.26 bits per heavy atom. The van der Waals surface area contributed by atoms with Gasteiger partial charge >= 0.3 is 0 Å². The van der Waals surface area contributed by atoms with Gasteiger partial charge in [-0.1, -0.05) is 11.6 Å². The van der Waals surface area contributed by atoms with E-state index in [2.05, 4.69) is 33.2 Å². The first-order valence-electron chi connectivity index (χ1n) is 6.69. The zero-order valence-corrected chi connectivity index (χ0v) is 16.0. The Morgan fingerprint density at radius 2 is 1.96 bits per heavy atom. The summed E-state index contributed by atoms with van der Waals surface area (Å²) in [6.07, 6.45) is 0. The van der Waals surface area contributed by atoms with Crippen LogP contribution in [0, 0.1) is 10.5 Å². The Bertz CT molecular complexity index is 723. The topological polar surface area (TPSA) is 50.4 Å². The molecule has 2 aromatic rings. The van der Waals surface area contributed by atoms with E-state index < -0.39 is 0 Å². The fourth-order valence-electron chi connectivity index (χ4n) is 1.71. The van der Waals surface area contributed by atoms with E-state index in [1.54, 1.807) is 18.2 Å². The number of nitrogens with one attached hydrogen (secondary N) is 2. The SMILES string of the molecule is Cc1cc(OCC(=O)NC(=S)Nc2ccc(I)cc2)ccc1Cl. The summed E-state index contributed by atoms with van der Waals surface area (Å²) in [6, 6.07) is 12.9. The Morgan fingerprint density at radius 3 is 2.61 bits per heavy atom. The summed E-state index contributed by atoms with van der Waals surface area (Å²) < 4.78 is 6.53. The second-order valence-electron chi connectivity index (χ2n) is 4.71. The molecule has 2 N–H and O–H groups in total. The molecule has 0 spiro atoms. The molecule has 0 fully saturated rings. The summed E-state index contributed by atoms with van der Waals surface area (Å²) in [6.45, 7) is 1.74. The van der Waals surface area contributed by atoms with Gasteiger partial charge in [0.15, 0.2) is 11.7 Å². The van der Waals surface area contributed by atoms with Gasteiger partial charge in [0, 0.05) is 14.3 Å². The molecule has 1 amide bonds. The van der Waals surface area contributed by atoms with Gasteiger partial charge in [0.1, 0.15) is 5.75 Å². The van der Waals surface area contributed by atoms with Gasteiger partial charge in [-0.3, -0.25) is 10.1 Å². The van der Waals surface area contributed by atoms with Crippen molar-refractivity contribution >= 4 is 63.1 Å². The van der Waals surface area contributed by atoms with Crippen LogP contribution in [0.1, 0.15) is 5.56 Å². The van der Waals surface area contributed by atoms with Crippen LogP contribution in [0.2, 0.25) is 5.02 Å². The molecule has 0 atom stereocenters. The van der Waals surface area contributed by atoms with E-state index in [1.807, 2.05) is 31.2 Å². The lowest BCUT2D eigenvalue weighted by atomic mass is 10.2. The Balaban J connectivity index is 1.80. The van der Waals surface area contributed by atoms with Gasteiger partial charge in [-0.05, 0) is 89.8 Å². The first-order chi connectivity index (χ1) is 10.9. The van der Waals surface area contributed by atoms with E-state index in [9.17, 15) is 4.79 Å². The number of hydrogen-bond acceptors (Lipinski definition) is 3. The summed E-state index contributed by atoms with van der Waals surface area (Å²) in [5.74, 6) is 0.249. The van der Waals surface area contributed by atoms with E-state index in [-0.39, 0.29) is 17.6 Å². The molecule has 0 saturated heterocycles. The number of aryl methyl sites for hydroxylation is 1. The van der Waals surface area contributed by atoms with E-state index in [4.69, 9.17) is 28.6 Å². The fraction of sp³-hybridized carbons (Fsp3) is 0.125. The summed E-state index contributed by atoms with van der Waals surface area (Å²) in [4.78, 5) is 11.8. The molecule has 0 aliphatic rings. The number of thiocarbonyl (C=S) groups is 1. The molecule has 4 nitrogen and oxygen atoms in total. The third-order valence-corrected chi connectivity index (χ3v) is 4.20. The molecule has 23 heavy (non-hydrogen) atoms. The number of anilines is 1. The zero-order chi connectivity index (χ0) is 16.8. The normalized spacial score (nSPS) is 10.0. The molecule has 120 valence electrons. The van der Waals surface area contributed by atoms with E-state index >= 15 is 0 Å². The average molecular weight is 461 g/mol. The van der Waals surface area contributed by atoms with Gasteiger partial charge < -0.3 is 10.1 Å². The molecule has 0 saturated carbocycles. The molecule has 0 radical (unpaired) electrons. The molecule has 0 aliphatic heterocycles. The molecule has 0 aromatic heterocycles. The maximum Gasteiger partial charge on any atom is 0.264 e. The molecule has 2 aromatic carbocycles. The number of rotatable bonds is 4. The predicted molar refractivity (Wildman–Crippen MR) is 105 cm³/mol. The number of amides is 1. The van der Waals surface area contributed by atoms with Crippen molar-refractivity contribution in [1.82, 2.24) is 5.32 Å². The highest BCUT2D eigenvalue weighted by molar-refractivity contribution is 14.1. The third kappa shape index (κ3) is 5.96. The molecule has 0 heterocycles. The minimum Gasteiger partial charge on any atom is -0.484 e. The van der Waals surface area contributed by atoms with Crippen LogP contribution in [0.15, 0.2) is 42.5 Å². The zero-order valence-electron chi connectivity index (χ0n) is 12.2. The van der Waals surface area contributed by atoms with Gasteiger partial charge in [0.25, 0.3) is 5.91 Å². The van der Waals surface area contributed by atoms with Crippen LogP contribution in [-0.4, -0.2) is 17.6 Å². The highest BCUT2D eigenvalue weighted by atomic mass is 127. The molecular formula is C16H14ClIN2O2S. The van der Waals surface area contributed by atoms with E-state index in [1.165, 1.54) is 0 Å². The number of carbonyl (C=O) groups is 1. The molecule has 0 aliphatic carbocycles. The first-order valence-corrected chi connectivity index (χ1v) is 8.56. The third-order valence-electron chi connectivity index (χ3n) is 2.85. The number of benzene rings is 2. The Labute approximate surface area is 158 Å². The number of hydrogen-bond donors (Lipinski definition) is 2. The lowest BCUT2D eigenvalue weighted by Crippen LogP contribution is -2.37. The van der Waals surface area contributed by atoms with Crippen molar-refractivity contribution in [2.45, 2.75) is 6.92 Å². The van der Waals surface area contributed by atoms with Crippen molar-refractivity contribution in [3.05, 3.63) is 56.6 Å². The predicted octanol–water partition coefficient (Wildman–Crippen LogP) is 4.15. The first kappa shape index (κ1) is 18.0. The highest BCUT2D eigenvalue weighted by Crippen LogP contribution is 2.20. The van der Waals surface area contributed by atoms with Gasteiger partial charge in [-0.2, -0.15) is 0 Å². The minimum atomic E-state index is -0.333.